The van der Waals surface area contributed by atoms with E-state index in [4.69, 9.17) is 16.7 Å². The molecule has 0 aliphatic carbocycles. The van der Waals surface area contributed by atoms with Crippen LogP contribution in [0.3, 0.4) is 0 Å². The number of aromatic amines is 1. The van der Waals surface area contributed by atoms with Gasteiger partial charge in [0.15, 0.2) is 0 Å². The maximum absolute atomic E-state index is 12.8. The molecule has 2 rings (SSSR count). The minimum Gasteiger partial charge on any atom is -0.477 e. The second-order valence-corrected chi connectivity index (χ2v) is 3.94. The molecule has 0 atom stereocenters. The minimum atomic E-state index is -2.69. The maximum Gasteiger partial charge on any atom is 0.353 e. The summed E-state index contributed by atoms with van der Waals surface area (Å²) >= 11 is 5.74. The molecule has 94 valence electrons. The largest absolute Gasteiger partial charge is 0.477 e. The van der Waals surface area contributed by atoms with E-state index in [9.17, 15) is 13.6 Å². The van der Waals surface area contributed by atoms with Crippen LogP contribution in [-0.2, 0) is 0 Å². The molecule has 7 heteroatoms. The number of carboxylic acids is 1. The van der Waals surface area contributed by atoms with Crippen LogP contribution in [-0.4, -0.2) is 21.3 Å². The Hall–Kier alpha value is -1.95. The van der Waals surface area contributed by atoms with Crippen molar-refractivity contribution in [2.75, 3.05) is 0 Å². The molecule has 0 amide bonds. The molecule has 0 aliphatic rings. The van der Waals surface area contributed by atoms with E-state index in [2.05, 4.69) is 10.2 Å². The van der Waals surface area contributed by atoms with Gasteiger partial charge in [0.05, 0.1) is 5.69 Å². The van der Waals surface area contributed by atoms with Crippen LogP contribution in [0.2, 0.25) is 5.02 Å². The fourth-order valence-corrected chi connectivity index (χ4v) is 1.68. The van der Waals surface area contributed by atoms with Gasteiger partial charge in [0.1, 0.15) is 5.69 Å². The quantitative estimate of drug-likeness (QED) is 0.900. The number of hydrogen-bond donors (Lipinski definition) is 2. The van der Waals surface area contributed by atoms with Gasteiger partial charge in [-0.25, -0.2) is 13.6 Å². The fraction of sp³-hybridized carbons (Fsp3) is 0.0909. The molecule has 0 unspecified atom stereocenters. The monoisotopic (exact) mass is 272 g/mol. The average molecular weight is 273 g/mol. The van der Waals surface area contributed by atoms with Crippen LogP contribution >= 0.6 is 11.6 Å². The molecular formula is C11H7ClF2N2O2. The number of carbonyl (C=O) groups is 1. The van der Waals surface area contributed by atoms with Gasteiger partial charge in [-0.3, -0.25) is 5.10 Å². The van der Waals surface area contributed by atoms with Crippen LogP contribution in [0.4, 0.5) is 8.78 Å². The smallest absolute Gasteiger partial charge is 0.353 e. The summed E-state index contributed by atoms with van der Waals surface area (Å²) in [7, 11) is 0. The second-order valence-electron chi connectivity index (χ2n) is 3.50. The minimum absolute atomic E-state index is 0.112. The molecular weight excluding hydrogens is 266 g/mol. The summed E-state index contributed by atoms with van der Waals surface area (Å²) in [4.78, 5) is 10.7. The van der Waals surface area contributed by atoms with Gasteiger partial charge in [-0.15, -0.1) is 0 Å². The highest BCUT2D eigenvalue weighted by molar-refractivity contribution is 6.30. The van der Waals surface area contributed by atoms with Gasteiger partial charge < -0.3 is 5.11 Å². The van der Waals surface area contributed by atoms with Crippen molar-refractivity contribution in [3.05, 3.63) is 40.5 Å². The number of rotatable bonds is 3. The number of carboxylic acid groups (broad SMARTS) is 1. The zero-order valence-electron chi connectivity index (χ0n) is 8.82. The van der Waals surface area contributed by atoms with Crippen molar-refractivity contribution in [1.82, 2.24) is 10.2 Å². The standard InChI is InChI=1S/C11H7ClF2N2O2/c12-5-1-2-6(10(13)14)7(3-5)8-4-9(11(17)18)16-15-8/h1-4,10H,(H,15,16)(H,17,18). The van der Waals surface area contributed by atoms with E-state index in [0.717, 1.165) is 0 Å². The molecule has 0 spiro atoms. The van der Waals surface area contributed by atoms with Gasteiger partial charge in [-0.1, -0.05) is 17.7 Å². The third-order valence-corrected chi connectivity index (χ3v) is 2.57. The van der Waals surface area contributed by atoms with Crippen molar-refractivity contribution < 1.29 is 18.7 Å². The average Bonchev–Trinajstić information content (AvgIpc) is 2.77. The Kier molecular flexibility index (Phi) is 3.29. The van der Waals surface area contributed by atoms with Crippen molar-refractivity contribution in [3.63, 3.8) is 0 Å². The van der Waals surface area contributed by atoms with Crippen molar-refractivity contribution in [2.24, 2.45) is 0 Å². The van der Waals surface area contributed by atoms with E-state index in [-0.39, 0.29) is 27.5 Å². The predicted octanol–water partition coefficient (Wildman–Crippen LogP) is 3.37. The molecule has 4 nitrogen and oxygen atoms in total. The highest BCUT2D eigenvalue weighted by Gasteiger charge is 2.18. The Morgan fingerprint density at radius 1 is 1.39 bits per heavy atom. The van der Waals surface area contributed by atoms with Gasteiger partial charge in [-0.2, -0.15) is 5.10 Å². The number of nitrogens with one attached hydrogen (secondary N) is 1. The van der Waals surface area contributed by atoms with Crippen molar-refractivity contribution in [3.8, 4) is 11.3 Å². The number of aromatic nitrogens is 2. The van der Waals surface area contributed by atoms with Crippen molar-refractivity contribution >= 4 is 17.6 Å². The van der Waals surface area contributed by atoms with Gasteiger partial charge in [-0.05, 0) is 18.2 Å². The molecule has 0 saturated heterocycles. The van der Waals surface area contributed by atoms with Gasteiger partial charge in [0, 0.05) is 16.1 Å². The first-order valence-corrected chi connectivity index (χ1v) is 5.23. The van der Waals surface area contributed by atoms with Crippen LogP contribution < -0.4 is 0 Å². The fourth-order valence-electron chi connectivity index (χ4n) is 1.51. The van der Waals surface area contributed by atoms with Crippen LogP contribution in [0.5, 0.6) is 0 Å². The van der Waals surface area contributed by atoms with Gasteiger partial charge >= 0.3 is 5.97 Å². The Bertz CT molecular complexity index is 598. The van der Waals surface area contributed by atoms with E-state index >= 15 is 0 Å². The molecule has 0 radical (unpaired) electrons. The first-order chi connectivity index (χ1) is 8.49. The van der Waals surface area contributed by atoms with E-state index < -0.39 is 12.4 Å². The lowest BCUT2D eigenvalue weighted by atomic mass is 10.0. The molecule has 1 aromatic heterocycles. The van der Waals surface area contributed by atoms with Gasteiger partial charge in [0.2, 0.25) is 0 Å². The van der Waals surface area contributed by atoms with Crippen LogP contribution in [0.25, 0.3) is 11.3 Å². The molecule has 0 aliphatic heterocycles. The Morgan fingerprint density at radius 2 is 2.11 bits per heavy atom. The lowest BCUT2D eigenvalue weighted by molar-refractivity contribution is 0.0690. The normalized spacial score (nSPS) is 10.9. The maximum atomic E-state index is 12.8. The summed E-state index contributed by atoms with van der Waals surface area (Å²) in [6.07, 6.45) is -2.69. The highest BCUT2D eigenvalue weighted by atomic mass is 35.5. The predicted molar refractivity (Wildman–Crippen MR) is 61.0 cm³/mol. The summed E-state index contributed by atoms with van der Waals surface area (Å²) in [5, 5.41) is 15.0. The summed E-state index contributed by atoms with van der Waals surface area (Å²) < 4.78 is 25.6. The van der Waals surface area contributed by atoms with Crippen molar-refractivity contribution in [1.29, 1.82) is 0 Å². The van der Waals surface area contributed by atoms with Crippen molar-refractivity contribution in [2.45, 2.75) is 6.43 Å². The molecule has 0 saturated carbocycles. The number of alkyl halides is 2. The third-order valence-electron chi connectivity index (χ3n) is 2.33. The molecule has 1 heterocycles. The number of nitrogens with zero attached hydrogens (tertiary/aromatic N) is 1. The first kappa shape index (κ1) is 12.5. The van der Waals surface area contributed by atoms with E-state index in [1.165, 1.54) is 24.3 Å². The Balaban J connectivity index is 2.54. The molecule has 0 fully saturated rings. The lowest BCUT2D eigenvalue weighted by Gasteiger charge is -2.06. The number of H-pyrrole nitrogens is 1. The molecule has 0 bridgehead atoms. The summed E-state index contributed by atoms with van der Waals surface area (Å²) in [6.45, 7) is 0. The van der Waals surface area contributed by atoms with Crippen LogP contribution in [0.15, 0.2) is 24.3 Å². The number of halogens is 3. The zero-order chi connectivity index (χ0) is 13.3. The van der Waals surface area contributed by atoms with E-state index in [1.807, 2.05) is 0 Å². The zero-order valence-corrected chi connectivity index (χ0v) is 9.58. The molecule has 1 aromatic carbocycles. The summed E-state index contributed by atoms with van der Waals surface area (Å²) in [5.74, 6) is -1.21. The summed E-state index contributed by atoms with van der Waals surface area (Å²) in [6, 6.07) is 5.04. The number of aromatic carboxylic acids is 1. The topological polar surface area (TPSA) is 66.0 Å². The van der Waals surface area contributed by atoms with E-state index in [0.29, 0.717) is 0 Å². The molecule has 2 aromatic rings. The van der Waals surface area contributed by atoms with Crippen LogP contribution in [0, 0.1) is 0 Å². The summed E-state index contributed by atoms with van der Waals surface area (Å²) in [5.41, 5.74) is -0.195. The first-order valence-electron chi connectivity index (χ1n) is 4.85. The highest BCUT2D eigenvalue weighted by Crippen LogP contribution is 2.32. The van der Waals surface area contributed by atoms with Gasteiger partial charge in [0.25, 0.3) is 6.43 Å². The Morgan fingerprint density at radius 3 is 2.67 bits per heavy atom. The van der Waals surface area contributed by atoms with Crippen LogP contribution in [0.1, 0.15) is 22.5 Å². The number of hydrogen-bond acceptors (Lipinski definition) is 2. The van der Waals surface area contributed by atoms with E-state index in [1.54, 1.807) is 0 Å². The third kappa shape index (κ3) is 2.33. The SMILES string of the molecule is O=C(O)c1cc(-c2cc(Cl)ccc2C(F)F)n[nH]1. The Labute approximate surface area is 105 Å². The molecule has 18 heavy (non-hydrogen) atoms. The number of benzene rings is 1. The molecule has 2 N–H and O–H groups in total. The lowest BCUT2D eigenvalue weighted by Crippen LogP contribution is -1.95. The second kappa shape index (κ2) is 4.73.